The van der Waals surface area contributed by atoms with Gasteiger partial charge in [0.15, 0.2) is 5.76 Å². The van der Waals surface area contributed by atoms with E-state index >= 15 is 0 Å². The van der Waals surface area contributed by atoms with E-state index in [-0.39, 0.29) is 23.6 Å². The summed E-state index contributed by atoms with van der Waals surface area (Å²) in [6.07, 6.45) is 4.56. The van der Waals surface area contributed by atoms with Crippen LogP contribution in [-0.2, 0) is 0 Å². The molecule has 0 aliphatic carbocycles. The summed E-state index contributed by atoms with van der Waals surface area (Å²) in [5.74, 6) is -0.229. The van der Waals surface area contributed by atoms with Gasteiger partial charge in [0.1, 0.15) is 12.7 Å². The SMILES string of the molecule is Cc1cc(NC(=O)c2ccco2)sc1C(=O)N(C)[C@H](C)c1ccc(-n2cncn2)cc1. The predicted molar refractivity (Wildman–Crippen MR) is 118 cm³/mol. The van der Waals surface area contributed by atoms with Crippen molar-refractivity contribution in [3.63, 3.8) is 0 Å². The minimum absolute atomic E-state index is 0.103. The minimum atomic E-state index is -0.348. The summed E-state index contributed by atoms with van der Waals surface area (Å²) < 4.78 is 6.79. The lowest BCUT2D eigenvalue weighted by atomic mass is 10.1. The monoisotopic (exact) mass is 435 g/mol. The zero-order valence-corrected chi connectivity index (χ0v) is 18.1. The van der Waals surface area contributed by atoms with Crippen molar-refractivity contribution in [2.75, 3.05) is 12.4 Å². The van der Waals surface area contributed by atoms with Crippen LogP contribution in [-0.4, -0.2) is 38.5 Å². The number of carbonyl (C=O) groups excluding carboxylic acids is 2. The van der Waals surface area contributed by atoms with Crippen LogP contribution in [0.2, 0.25) is 0 Å². The number of anilines is 1. The van der Waals surface area contributed by atoms with Crippen molar-refractivity contribution in [3.8, 4) is 5.69 Å². The Bertz CT molecular complexity index is 1180. The molecule has 4 aromatic rings. The molecule has 0 radical (unpaired) electrons. The number of hydrogen-bond donors (Lipinski definition) is 1. The molecule has 31 heavy (non-hydrogen) atoms. The molecule has 1 N–H and O–H groups in total. The summed E-state index contributed by atoms with van der Waals surface area (Å²) >= 11 is 1.25. The summed E-state index contributed by atoms with van der Waals surface area (Å²) in [5, 5.41) is 7.50. The van der Waals surface area contributed by atoms with E-state index in [9.17, 15) is 9.59 Å². The maximum Gasteiger partial charge on any atom is 0.291 e. The lowest BCUT2D eigenvalue weighted by Crippen LogP contribution is -2.29. The molecule has 8 nitrogen and oxygen atoms in total. The number of hydrogen-bond acceptors (Lipinski definition) is 6. The maximum absolute atomic E-state index is 13.1. The maximum atomic E-state index is 13.1. The molecule has 0 bridgehead atoms. The van der Waals surface area contributed by atoms with Crippen LogP contribution in [0.4, 0.5) is 5.00 Å². The summed E-state index contributed by atoms with van der Waals surface area (Å²) in [6, 6.07) is 12.7. The van der Waals surface area contributed by atoms with Gasteiger partial charge in [-0.25, -0.2) is 9.67 Å². The van der Waals surface area contributed by atoms with E-state index in [2.05, 4.69) is 15.4 Å². The molecule has 4 rings (SSSR count). The van der Waals surface area contributed by atoms with E-state index in [1.165, 1.54) is 23.9 Å². The molecule has 0 fully saturated rings. The van der Waals surface area contributed by atoms with Gasteiger partial charge in [0.25, 0.3) is 11.8 Å². The Hall–Kier alpha value is -3.72. The number of aryl methyl sites for hydroxylation is 1. The highest BCUT2D eigenvalue weighted by Gasteiger charge is 2.23. The number of amides is 2. The van der Waals surface area contributed by atoms with Crippen molar-refractivity contribution in [2.24, 2.45) is 0 Å². The quantitative estimate of drug-likeness (QED) is 0.487. The zero-order chi connectivity index (χ0) is 22.0. The summed E-state index contributed by atoms with van der Waals surface area (Å²) in [4.78, 5) is 31.6. The van der Waals surface area contributed by atoms with Gasteiger partial charge in [0.05, 0.1) is 27.9 Å². The van der Waals surface area contributed by atoms with Gasteiger partial charge in [-0.1, -0.05) is 12.1 Å². The van der Waals surface area contributed by atoms with Crippen LogP contribution in [0.3, 0.4) is 0 Å². The second kappa shape index (κ2) is 8.57. The number of carbonyl (C=O) groups is 2. The van der Waals surface area contributed by atoms with Crippen LogP contribution >= 0.6 is 11.3 Å². The number of furan rings is 1. The Morgan fingerprint density at radius 2 is 2.00 bits per heavy atom. The molecule has 0 saturated heterocycles. The average molecular weight is 436 g/mol. The lowest BCUT2D eigenvalue weighted by Gasteiger charge is -2.25. The standard InChI is InChI=1S/C22H21N5O3S/c1-14-11-19(25-21(28)18-5-4-10-30-18)31-20(14)22(29)26(3)15(2)16-6-8-17(9-7-16)27-13-23-12-24-27/h4-13,15H,1-3H3,(H,25,28)/t15-/m1/s1. The van der Waals surface area contributed by atoms with Crippen LogP contribution in [0.5, 0.6) is 0 Å². The first-order valence-corrected chi connectivity index (χ1v) is 10.4. The van der Waals surface area contributed by atoms with Crippen LogP contribution in [0, 0.1) is 6.92 Å². The largest absolute Gasteiger partial charge is 0.459 e. The molecule has 9 heteroatoms. The Labute approximate surface area is 183 Å². The molecule has 2 amide bonds. The molecule has 0 aliphatic heterocycles. The number of thiophene rings is 1. The van der Waals surface area contributed by atoms with Crippen molar-refractivity contribution in [1.82, 2.24) is 19.7 Å². The van der Waals surface area contributed by atoms with E-state index in [4.69, 9.17) is 4.42 Å². The number of benzene rings is 1. The fourth-order valence-corrected chi connectivity index (χ4v) is 4.19. The van der Waals surface area contributed by atoms with Gasteiger partial charge in [0.2, 0.25) is 0 Å². The van der Waals surface area contributed by atoms with Crippen LogP contribution in [0.15, 0.2) is 65.8 Å². The second-order valence-electron chi connectivity index (χ2n) is 7.08. The van der Waals surface area contributed by atoms with Gasteiger partial charge < -0.3 is 14.6 Å². The molecule has 1 aromatic carbocycles. The summed E-state index contributed by atoms with van der Waals surface area (Å²) in [5.41, 5.74) is 2.71. The fourth-order valence-electron chi connectivity index (χ4n) is 3.14. The van der Waals surface area contributed by atoms with Crippen molar-refractivity contribution in [3.05, 3.63) is 83.1 Å². The Kier molecular flexibility index (Phi) is 5.68. The highest BCUT2D eigenvalue weighted by atomic mass is 32.1. The van der Waals surface area contributed by atoms with E-state index in [0.717, 1.165) is 16.8 Å². The average Bonchev–Trinajstić information content (AvgIpc) is 3.54. The predicted octanol–water partition coefficient (Wildman–Crippen LogP) is 4.32. The Balaban J connectivity index is 1.47. The van der Waals surface area contributed by atoms with Gasteiger partial charge >= 0.3 is 0 Å². The third-order valence-corrected chi connectivity index (χ3v) is 6.19. The normalized spacial score (nSPS) is 11.8. The first kappa shape index (κ1) is 20.5. The smallest absolute Gasteiger partial charge is 0.291 e. The second-order valence-corrected chi connectivity index (χ2v) is 8.13. The van der Waals surface area contributed by atoms with Crippen molar-refractivity contribution in [2.45, 2.75) is 19.9 Å². The van der Waals surface area contributed by atoms with Crippen molar-refractivity contribution >= 4 is 28.2 Å². The van der Waals surface area contributed by atoms with Gasteiger partial charge in [-0.15, -0.1) is 11.3 Å². The van der Waals surface area contributed by atoms with Gasteiger partial charge in [-0.05, 0) is 55.3 Å². The Morgan fingerprint density at radius 1 is 1.23 bits per heavy atom. The molecule has 3 aromatic heterocycles. The van der Waals surface area contributed by atoms with E-state index in [0.29, 0.717) is 9.88 Å². The molecule has 1 atom stereocenters. The van der Waals surface area contributed by atoms with Crippen molar-refractivity contribution < 1.29 is 14.0 Å². The van der Waals surface area contributed by atoms with Gasteiger partial charge in [-0.2, -0.15) is 5.10 Å². The molecule has 0 spiro atoms. The number of aromatic nitrogens is 3. The number of rotatable bonds is 6. The summed E-state index contributed by atoms with van der Waals surface area (Å²) in [6.45, 7) is 3.84. The van der Waals surface area contributed by atoms with Crippen LogP contribution in [0.1, 0.15) is 44.3 Å². The lowest BCUT2D eigenvalue weighted by molar-refractivity contribution is 0.0746. The highest BCUT2D eigenvalue weighted by molar-refractivity contribution is 7.18. The molecule has 0 unspecified atom stereocenters. The molecule has 0 saturated carbocycles. The third-order valence-electron chi connectivity index (χ3n) is 5.05. The fraction of sp³-hybridized carbons (Fsp3) is 0.182. The first-order chi connectivity index (χ1) is 14.9. The molecule has 3 heterocycles. The van der Waals surface area contributed by atoms with E-state index in [1.54, 1.807) is 41.2 Å². The topological polar surface area (TPSA) is 93.3 Å². The highest BCUT2D eigenvalue weighted by Crippen LogP contribution is 2.30. The van der Waals surface area contributed by atoms with Crippen LogP contribution in [0.25, 0.3) is 5.69 Å². The van der Waals surface area contributed by atoms with Crippen LogP contribution < -0.4 is 5.32 Å². The van der Waals surface area contributed by atoms with Gasteiger partial charge in [-0.3, -0.25) is 9.59 Å². The zero-order valence-electron chi connectivity index (χ0n) is 17.3. The number of nitrogens with one attached hydrogen (secondary N) is 1. The number of nitrogens with zero attached hydrogens (tertiary/aromatic N) is 4. The molecular formula is C22H21N5O3S. The first-order valence-electron chi connectivity index (χ1n) is 9.61. The summed E-state index contributed by atoms with van der Waals surface area (Å²) in [7, 11) is 1.78. The third kappa shape index (κ3) is 4.26. The van der Waals surface area contributed by atoms with Gasteiger partial charge in [0, 0.05) is 7.05 Å². The minimum Gasteiger partial charge on any atom is -0.459 e. The molecule has 158 valence electrons. The Morgan fingerprint density at radius 3 is 2.65 bits per heavy atom. The molecular weight excluding hydrogens is 414 g/mol. The van der Waals surface area contributed by atoms with E-state index < -0.39 is 0 Å². The van der Waals surface area contributed by atoms with Crippen molar-refractivity contribution in [1.29, 1.82) is 0 Å². The molecule has 0 aliphatic rings. The van der Waals surface area contributed by atoms with E-state index in [1.807, 2.05) is 38.1 Å².